The second-order valence-corrected chi connectivity index (χ2v) is 6.25. The number of rotatable bonds is 12. The Balaban J connectivity index is 2.67. The van der Waals surface area contributed by atoms with E-state index < -0.39 is 0 Å². The number of nitrogens with zero attached hydrogens (tertiary/aromatic N) is 5. The zero-order chi connectivity index (χ0) is 17.1. The molecule has 0 saturated heterocycles. The molecule has 0 aliphatic rings. The zero-order valence-electron chi connectivity index (χ0n) is 15.1. The minimum Gasteiger partial charge on any atom is -0.356 e. The molecule has 1 aromatic heterocycles. The van der Waals surface area contributed by atoms with Gasteiger partial charge in [0, 0.05) is 32.4 Å². The SMILES string of the molecule is CN(C)CCCN(CCCN(C)C)c1ccnc(NCCN)n1. The molecule has 132 valence electrons. The smallest absolute Gasteiger partial charge is 0.224 e. The van der Waals surface area contributed by atoms with Crippen molar-refractivity contribution >= 4 is 11.8 Å². The maximum Gasteiger partial charge on any atom is 0.224 e. The van der Waals surface area contributed by atoms with Crippen molar-refractivity contribution in [2.45, 2.75) is 12.8 Å². The summed E-state index contributed by atoms with van der Waals surface area (Å²) in [4.78, 5) is 15.7. The lowest BCUT2D eigenvalue weighted by atomic mass is 10.3. The Morgan fingerprint density at radius 3 is 2.13 bits per heavy atom. The van der Waals surface area contributed by atoms with Crippen molar-refractivity contribution in [3.63, 3.8) is 0 Å². The van der Waals surface area contributed by atoms with Crippen LogP contribution >= 0.6 is 0 Å². The van der Waals surface area contributed by atoms with Gasteiger partial charge in [0.25, 0.3) is 0 Å². The Morgan fingerprint density at radius 1 is 1.00 bits per heavy atom. The highest BCUT2D eigenvalue weighted by molar-refractivity contribution is 5.42. The van der Waals surface area contributed by atoms with Gasteiger partial charge in [-0.2, -0.15) is 4.98 Å². The molecular formula is C16H33N7. The molecule has 0 aliphatic carbocycles. The van der Waals surface area contributed by atoms with E-state index in [4.69, 9.17) is 5.73 Å². The highest BCUT2D eigenvalue weighted by atomic mass is 15.2. The largest absolute Gasteiger partial charge is 0.356 e. The summed E-state index contributed by atoms with van der Waals surface area (Å²) in [6.45, 7) is 5.41. The van der Waals surface area contributed by atoms with E-state index in [1.54, 1.807) is 0 Å². The van der Waals surface area contributed by atoms with E-state index in [2.05, 4.69) is 58.2 Å². The molecule has 23 heavy (non-hydrogen) atoms. The maximum atomic E-state index is 5.52. The number of aromatic nitrogens is 2. The molecule has 0 spiro atoms. The van der Waals surface area contributed by atoms with E-state index in [1.165, 1.54) is 0 Å². The normalized spacial score (nSPS) is 11.3. The summed E-state index contributed by atoms with van der Waals surface area (Å²) in [6.07, 6.45) is 4.04. The number of nitrogens with one attached hydrogen (secondary N) is 1. The van der Waals surface area contributed by atoms with Crippen LogP contribution in [0.15, 0.2) is 12.3 Å². The Labute approximate surface area is 140 Å². The van der Waals surface area contributed by atoms with Crippen LogP contribution in [0.3, 0.4) is 0 Å². The van der Waals surface area contributed by atoms with Crippen LogP contribution < -0.4 is 16.0 Å². The van der Waals surface area contributed by atoms with E-state index in [9.17, 15) is 0 Å². The molecule has 1 heterocycles. The molecule has 0 bridgehead atoms. The van der Waals surface area contributed by atoms with Gasteiger partial charge in [0.05, 0.1) is 0 Å². The van der Waals surface area contributed by atoms with Crippen LogP contribution in [0.1, 0.15) is 12.8 Å². The lowest BCUT2D eigenvalue weighted by Gasteiger charge is -2.25. The third-order valence-corrected chi connectivity index (χ3v) is 3.46. The van der Waals surface area contributed by atoms with Crippen LogP contribution in [0.2, 0.25) is 0 Å². The molecule has 1 aromatic rings. The van der Waals surface area contributed by atoms with E-state index in [0.717, 1.165) is 44.8 Å². The fourth-order valence-electron chi connectivity index (χ4n) is 2.29. The Bertz CT molecular complexity index is 409. The summed E-state index contributed by atoms with van der Waals surface area (Å²) in [7, 11) is 8.43. The summed E-state index contributed by atoms with van der Waals surface area (Å²) in [6, 6.07) is 1.99. The lowest BCUT2D eigenvalue weighted by Crippen LogP contribution is -2.31. The van der Waals surface area contributed by atoms with E-state index in [0.29, 0.717) is 19.0 Å². The average Bonchev–Trinajstić information content (AvgIpc) is 2.51. The van der Waals surface area contributed by atoms with Gasteiger partial charge in [-0.05, 0) is 60.2 Å². The molecule has 0 radical (unpaired) electrons. The summed E-state index contributed by atoms with van der Waals surface area (Å²) >= 11 is 0. The zero-order valence-corrected chi connectivity index (χ0v) is 15.1. The third kappa shape index (κ3) is 8.68. The highest BCUT2D eigenvalue weighted by Crippen LogP contribution is 2.13. The van der Waals surface area contributed by atoms with Crippen LogP contribution in [-0.2, 0) is 0 Å². The predicted molar refractivity (Wildman–Crippen MR) is 98.1 cm³/mol. The van der Waals surface area contributed by atoms with Gasteiger partial charge in [-0.15, -0.1) is 0 Å². The lowest BCUT2D eigenvalue weighted by molar-refractivity contribution is 0.389. The Hall–Kier alpha value is -1.44. The molecule has 0 aromatic carbocycles. The van der Waals surface area contributed by atoms with Crippen LogP contribution in [0.4, 0.5) is 11.8 Å². The number of hydrogen-bond acceptors (Lipinski definition) is 7. The minimum absolute atomic E-state index is 0.572. The van der Waals surface area contributed by atoms with Crippen molar-refractivity contribution in [1.29, 1.82) is 0 Å². The first kappa shape index (κ1) is 19.6. The monoisotopic (exact) mass is 323 g/mol. The van der Waals surface area contributed by atoms with Gasteiger partial charge in [-0.3, -0.25) is 0 Å². The van der Waals surface area contributed by atoms with Crippen LogP contribution in [0, 0.1) is 0 Å². The van der Waals surface area contributed by atoms with E-state index in [1.807, 2.05) is 12.3 Å². The molecule has 7 heteroatoms. The molecule has 0 saturated carbocycles. The summed E-state index contributed by atoms with van der Waals surface area (Å²) in [5.41, 5.74) is 5.52. The average molecular weight is 323 g/mol. The minimum atomic E-state index is 0.572. The summed E-state index contributed by atoms with van der Waals surface area (Å²) in [5.74, 6) is 1.63. The molecule has 0 fully saturated rings. The van der Waals surface area contributed by atoms with Gasteiger partial charge in [-0.25, -0.2) is 4.98 Å². The van der Waals surface area contributed by atoms with Crippen molar-refractivity contribution in [2.75, 3.05) is 77.7 Å². The number of nitrogens with two attached hydrogens (primary N) is 1. The quantitative estimate of drug-likeness (QED) is 0.582. The Morgan fingerprint density at radius 2 is 1.61 bits per heavy atom. The van der Waals surface area contributed by atoms with Crippen molar-refractivity contribution in [2.24, 2.45) is 5.73 Å². The number of anilines is 2. The fourth-order valence-corrected chi connectivity index (χ4v) is 2.29. The first-order valence-electron chi connectivity index (χ1n) is 8.34. The molecule has 0 aliphatic heterocycles. The van der Waals surface area contributed by atoms with Crippen molar-refractivity contribution in [1.82, 2.24) is 19.8 Å². The van der Waals surface area contributed by atoms with Crippen molar-refractivity contribution in [3.8, 4) is 0 Å². The highest BCUT2D eigenvalue weighted by Gasteiger charge is 2.09. The maximum absolute atomic E-state index is 5.52. The molecule has 0 unspecified atom stereocenters. The van der Waals surface area contributed by atoms with Gasteiger partial charge in [0.15, 0.2) is 0 Å². The molecule has 1 rings (SSSR count). The molecule has 0 amide bonds. The van der Waals surface area contributed by atoms with Gasteiger partial charge in [0.1, 0.15) is 5.82 Å². The van der Waals surface area contributed by atoms with Gasteiger partial charge < -0.3 is 25.8 Å². The van der Waals surface area contributed by atoms with E-state index in [-0.39, 0.29) is 0 Å². The Kier molecular flexibility index (Phi) is 9.51. The van der Waals surface area contributed by atoms with Crippen LogP contribution in [0.5, 0.6) is 0 Å². The van der Waals surface area contributed by atoms with Gasteiger partial charge in [-0.1, -0.05) is 0 Å². The topological polar surface area (TPSA) is 73.5 Å². The summed E-state index contributed by atoms with van der Waals surface area (Å²) in [5, 5.41) is 3.15. The van der Waals surface area contributed by atoms with E-state index >= 15 is 0 Å². The van der Waals surface area contributed by atoms with Crippen molar-refractivity contribution < 1.29 is 0 Å². The predicted octanol–water partition coefficient (Wildman–Crippen LogP) is 0.557. The molecule has 0 atom stereocenters. The van der Waals surface area contributed by atoms with Gasteiger partial charge in [0.2, 0.25) is 5.95 Å². The molecular weight excluding hydrogens is 290 g/mol. The van der Waals surface area contributed by atoms with Crippen molar-refractivity contribution in [3.05, 3.63) is 12.3 Å². The second-order valence-electron chi connectivity index (χ2n) is 6.25. The standard InChI is InChI=1S/C16H33N7/c1-21(2)11-5-13-23(14-6-12-22(3)4)15-7-9-18-16(20-15)19-10-8-17/h7,9H,5-6,8,10-14,17H2,1-4H3,(H,18,19,20). The first-order valence-corrected chi connectivity index (χ1v) is 8.34. The second kappa shape index (κ2) is 11.2. The molecule has 3 N–H and O–H groups in total. The number of hydrogen-bond donors (Lipinski definition) is 2. The molecule has 7 nitrogen and oxygen atoms in total. The third-order valence-electron chi connectivity index (χ3n) is 3.46. The van der Waals surface area contributed by atoms with Gasteiger partial charge >= 0.3 is 0 Å². The fraction of sp³-hybridized carbons (Fsp3) is 0.750. The summed E-state index contributed by atoms with van der Waals surface area (Å²) < 4.78 is 0. The van der Waals surface area contributed by atoms with Crippen LogP contribution in [0.25, 0.3) is 0 Å². The van der Waals surface area contributed by atoms with Crippen LogP contribution in [-0.4, -0.2) is 87.2 Å². The first-order chi connectivity index (χ1) is 11.0.